The van der Waals surface area contributed by atoms with Crippen LogP contribution in [0.4, 0.5) is 5.69 Å². The van der Waals surface area contributed by atoms with Gasteiger partial charge >= 0.3 is 0 Å². The molecule has 1 aromatic carbocycles. The summed E-state index contributed by atoms with van der Waals surface area (Å²) >= 11 is 0. The summed E-state index contributed by atoms with van der Waals surface area (Å²) in [7, 11) is -3.09. The highest BCUT2D eigenvalue weighted by molar-refractivity contribution is 7.90. The Morgan fingerprint density at radius 1 is 1.05 bits per heavy atom. The molecule has 0 spiro atoms. The molecule has 0 amide bonds. The van der Waals surface area contributed by atoms with Gasteiger partial charge in [0.05, 0.1) is 4.90 Å². The van der Waals surface area contributed by atoms with Crippen LogP contribution in [0.2, 0.25) is 0 Å². The van der Waals surface area contributed by atoms with Crippen molar-refractivity contribution >= 4 is 15.5 Å². The third-order valence-corrected chi connectivity index (χ3v) is 4.98. The van der Waals surface area contributed by atoms with Gasteiger partial charge in [0.15, 0.2) is 9.84 Å². The number of hydrogen-bond donors (Lipinski definition) is 1. The van der Waals surface area contributed by atoms with Crippen LogP contribution in [0.1, 0.15) is 38.5 Å². The van der Waals surface area contributed by atoms with Crippen LogP contribution in [0.5, 0.6) is 0 Å². The zero-order valence-corrected chi connectivity index (χ0v) is 12.4. The van der Waals surface area contributed by atoms with E-state index in [0.717, 1.165) is 18.2 Å². The molecule has 0 atom stereocenters. The number of nitrogens with one attached hydrogen (secondary N) is 1. The molecular formula is C15H23NO2S. The van der Waals surface area contributed by atoms with Crippen LogP contribution >= 0.6 is 0 Å². The van der Waals surface area contributed by atoms with Crippen molar-refractivity contribution in [2.45, 2.75) is 43.4 Å². The average Bonchev–Trinajstić information content (AvgIpc) is 2.64. The molecule has 0 radical (unpaired) electrons. The summed E-state index contributed by atoms with van der Waals surface area (Å²) in [5, 5.41) is 3.43. The van der Waals surface area contributed by atoms with E-state index < -0.39 is 9.84 Å². The lowest BCUT2D eigenvalue weighted by molar-refractivity contribution is 0.483. The van der Waals surface area contributed by atoms with Crippen molar-refractivity contribution in [1.29, 1.82) is 0 Å². The highest BCUT2D eigenvalue weighted by atomic mass is 32.2. The number of anilines is 1. The first-order chi connectivity index (χ1) is 9.05. The maximum Gasteiger partial charge on any atom is 0.175 e. The van der Waals surface area contributed by atoms with Crippen LogP contribution in [0.25, 0.3) is 0 Å². The normalized spacial score (nSPS) is 17.9. The van der Waals surface area contributed by atoms with Crippen LogP contribution < -0.4 is 5.32 Å². The van der Waals surface area contributed by atoms with Gasteiger partial charge in [-0.3, -0.25) is 0 Å². The van der Waals surface area contributed by atoms with Crippen molar-refractivity contribution in [3.8, 4) is 0 Å². The highest BCUT2D eigenvalue weighted by Crippen LogP contribution is 2.23. The first-order valence-electron chi connectivity index (χ1n) is 7.10. The second-order valence-electron chi connectivity index (χ2n) is 5.54. The molecule has 106 valence electrons. The fourth-order valence-corrected chi connectivity index (χ4v) is 3.28. The van der Waals surface area contributed by atoms with Crippen LogP contribution in [-0.2, 0) is 9.84 Å². The molecule has 19 heavy (non-hydrogen) atoms. The summed E-state index contributed by atoms with van der Waals surface area (Å²) in [4.78, 5) is 0.382. The fourth-order valence-electron chi connectivity index (χ4n) is 2.65. The quantitative estimate of drug-likeness (QED) is 0.860. The number of rotatable bonds is 4. The molecule has 1 N–H and O–H groups in total. The molecule has 1 aliphatic rings. The largest absolute Gasteiger partial charge is 0.385 e. The van der Waals surface area contributed by atoms with E-state index in [0.29, 0.717) is 4.90 Å². The molecule has 4 heteroatoms. The molecule has 0 saturated heterocycles. The van der Waals surface area contributed by atoms with Gasteiger partial charge in [-0.2, -0.15) is 0 Å². The first kappa shape index (κ1) is 14.4. The molecule has 1 saturated carbocycles. The van der Waals surface area contributed by atoms with Crippen molar-refractivity contribution in [1.82, 2.24) is 0 Å². The molecule has 0 bridgehead atoms. The Morgan fingerprint density at radius 2 is 1.63 bits per heavy atom. The van der Waals surface area contributed by atoms with E-state index in [4.69, 9.17) is 0 Å². The summed E-state index contributed by atoms with van der Waals surface area (Å²) < 4.78 is 22.7. The van der Waals surface area contributed by atoms with Gasteiger partial charge in [-0.25, -0.2) is 8.42 Å². The maximum atomic E-state index is 11.4. The van der Waals surface area contributed by atoms with E-state index in [2.05, 4.69) is 5.32 Å². The summed E-state index contributed by atoms with van der Waals surface area (Å²) in [5.41, 5.74) is 1.01. The predicted octanol–water partition coefficient (Wildman–Crippen LogP) is 3.47. The van der Waals surface area contributed by atoms with Gasteiger partial charge in [-0.15, -0.1) is 0 Å². The fraction of sp³-hybridized carbons (Fsp3) is 0.600. The molecule has 1 aliphatic carbocycles. The lowest BCUT2D eigenvalue weighted by Gasteiger charge is -2.15. The minimum absolute atomic E-state index is 0.382. The molecule has 2 rings (SSSR count). The Labute approximate surface area is 116 Å². The Kier molecular flexibility index (Phi) is 4.86. The Hall–Kier alpha value is -1.03. The lowest BCUT2D eigenvalue weighted by atomic mass is 10.0. The minimum atomic E-state index is -3.09. The van der Waals surface area contributed by atoms with Gasteiger partial charge in [0.2, 0.25) is 0 Å². The first-order valence-corrected chi connectivity index (χ1v) is 8.99. The lowest BCUT2D eigenvalue weighted by Crippen LogP contribution is -2.13. The number of benzene rings is 1. The van der Waals surface area contributed by atoms with E-state index in [-0.39, 0.29) is 0 Å². The van der Waals surface area contributed by atoms with Gasteiger partial charge in [-0.1, -0.05) is 25.7 Å². The van der Waals surface area contributed by atoms with Gasteiger partial charge in [0.25, 0.3) is 0 Å². The SMILES string of the molecule is CS(=O)(=O)c1ccc(NCC2CCCCCC2)cc1. The molecule has 0 unspecified atom stereocenters. The number of sulfone groups is 1. The molecule has 3 nitrogen and oxygen atoms in total. The Balaban J connectivity index is 1.89. The van der Waals surface area contributed by atoms with Crippen molar-refractivity contribution in [2.24, 2.45) is 5.92 Å². The van der Waals surface area contributed by atoms with E-state index in [1.807, 2.05) is 12.1 Å². The smallest absolute Gasteiger partial charge is 0.175 e. The second kappa shape index (κ2) is 6.42. The van der Waals surface area contributed by atoms with Crippen LogP contribution in [-0.4, -0.2) is 21.2 Å². The topological polar surface area (TPSA) is 46.2 Å². The summed E-state index contributed by atoms with van der Waals surface area (Å²) in [6.45, 7) is 0.998. The summed E-state index contributed by atoms with van der Waals surface area (Å²) in [6, 6.07) is 7.05. The monoisotopic (exact) mass is 281 g/mol. The van der Waals surface area contributed by atoms with Gasteiger partial charge in [0, 0.05) is 18.5 Å². The highest BCUT2D eigenvalue weighted by Gasteiger charge is 2.12. The zero-order valence-electron chi connectivity index (χ0n) is 11.6. The van der Waals surface area contributed by atoms with Crippen molar-refractivity contribution in [2.75, 3.05) is 18.1 Å². The minimum Gasteiger partial charge on any atom is -0.385 e. The molecular weight excluding hydrogens is 258 g/mol. The van der Waals surface area contributed by atoms with Crippen LogP contribution in [0.15, 0.2) is 29.2 Å². The zero-order chi connectivity index (χ0) is 13.7. The molecule has 0 heterocycles. The van der Waals surface area contributed by atoms with Gasteiger partial charge < -0.3 is 5.32 Å². The van der Waals surface area contributed by atoms with Crippen molar-refractivity contribution < 1.29 is 8.42 Å². The Bertz CT molecular complexity index is 485. The third kappa shape index (κ3) is 4.53. The molecule has 1 fully saturated rings. The third-order valence-electron chi connectivity index (χ3n) is 3.85. The van der Waals surface area contributed by atoms with E-state index in [9.17, 15) is 8.42 Å². The van der Waals surface area contributed by atoms with E-state index >= 15 is 0 Å². The van der Waals surface area contributed by atoms with Gasteiger partial charge in [-0.05, 0) is 43.0 Å². The molecule has 0 aromatic heterocycles. The average molecular weight is 281 g/mol. The summed E-state index contributed by atoms with van der Waals surface area (Å²) in [5.74, 6) is 0.761. The maximum absolute atomic E-state index is 11.4. The van der Waals surface area contributed by atoms with E-state index in [1.165, 1.54) is 44.8 Å². The van der Waals surface area contributed by atoms with Crippen molar-refractivity contribution in [3.63, 3.8) is 0 Å². The second-order valence-corrected chi connectivity index (χ2v) is 7.55. The number of hydrogen-bond acceptors (Lipinski definition) is 3. The molecule has 0 aliphatic heterocycles. The summed E-state index contributed by atoms with van der Waals surface area (Å²) in [6.07, 6.45) is 9.31. The van der Waals surface area contributed by atoms with Crippen molar-refractivity contribution in [3.05, 3.63) is 24.3 Å². The van der Waals surface area contributed by atoms with Gasteiger partial charge in [0.1, 0.15) is 0 Å². The Morgan fingerprint density at radius 3 is 2.16 bits per heavy atom. The van der Waals surface area contributed by atoms with E-state index in [1.54, 1.807) is 12.1 Å². The van der Waals surface area contributed by atoms with Crippen LogP contribution in [0, 0.1) is 5.92 Å². The van der Waals surface area contributed by atoms with Crippen LogP contribution in [0.3, 0.4) is 0 Å². The molecule has 1 aromatic rings. The standard InChI is InChI=1S/C15H23NO2S/c1-19(17,18)15-10-8-14(9-11-15)16-12-13-6-4-2-3-5-7-13/h8-11,13,16H,2-7,12H2,1H3. The predicted molar refractivity (Wildman–Crippen MR) is 79.2 cm³/mol.